The Morgan fingerprint density at radius 1 is 1.27 bits per heavy atom. The summed E-state index contributed by atoms with van der Waals surface area (Å²) in [6, 6.07) is 3.17. The molecule has 2 nitrogen and oxygen atoms in total. The van der Waals surface area contributed by atoms with Gasteiger partial charge >= 0.3 is 0 Å². The molecular weight excluding hydrogens is 313 g/mol. The van der Waals surface area contributed by atoms with Gasteiger partial charge < -0.3 is 5.43 Å². The molecule has 0 spiro atoms. The average Bonchev–Trinajstić information content (AvgIpc) is 2.16. The van der Waals surface area contributed by atoms with Crippen LogP contribution in [0.25, 0.3) is 0 Å². The second kappa shape index (κ2) is 5.07. The van der Waals surface area contributed by atoms with Gasteiger partial charge in [0.2, 0.25) is 0 Å². The predicted molar refractivity (Wildman–Crippen MR) is 66.0 cm³/mol. The van der Waals surface area contributed by atoms with Crippen molar-refractivity contribution in [2.24, 2.45) is 5.84 Å². The quantitative estimate of drug-likeness (QED) is 0.506. The number of nitrogens with one attached hydrogen (secondary N) is 1. The fourth-order valence-electron chi connectivity index (χ4n) is 1.38. The summed E-state index contributed by atoms with van der Waals surface area (Å²) in [5.41, 5.74) is 4.00. The Kier molecular flexibility index (Phi) is 4.27. The van der Waals surface area contributed by atoms with Gasteiger partial charge in [0.15, 0.2) is 0 Å². The third-order valence-corrected chi connectivity index (χ3v) is 3.12. The molecule has 0 aliphatic heterocycles. The molecule has 1 aromatic rings. The molecule has 0 saturated heterocycles. The van der Waals surface area contributed by atoms with E-state index < -0.39 is 6.43 Å². The Hall–Kier alpha value is -0.430. The smallest absolute Gasteiger partial charge is 0.264 e. The van der Waals surface area contributed by atoms with Crippen molar-refractivity contribution in [2.75, 3.05) is 5.43 Å². The molecule has 5 heteroatoms. The number of benzene rings is 1. The maximum atomic E-state index is 12.6. The maximum Gasteiger partial charge on any atom is 0.264 e. The van der Waals surface area contributed by atoms with Gasteiger partial charge in [-0.1, -0.05) is 13.8 Å². The first-order chi connectivity index (χ1) is 6.97. The largest absolute Gasteiger partial charge is 0.324 e. The minimum Gasteiger partial charge on any atom is -0.324 e. The lowest BCUT2D eigenvalue weighted by Crippen LogP contribution is -2.11. The lowest BCUT2D eigenvalue weighted by atomic mass is 9.99. The van der Waals surface area contributed by atoms with Crippen molar-refractivity contribution in [2.45, 2.75) is 26.2 Å². The van der Waals surface area contributed by atoms with Gasteiger partial charge in [-0.15, -0.1) is 0 Å². The van der Waals surface area contributed by atoms with Crippen LogP contribution in [0.5, 0.6) is 0 Å². The molecule has 84 valence electrons. The first kappa shape index (κ1) is 12.6. The summed E-state index contributed by atoms with van der Waals surface area (Å²) in [6.45, 7) is 3.99. The summed E-state index contributed by atoms with van der Waals surface area (Å²) in [5.74, 6) is 5.56. The van der Waals surface area contributed by atoms with Crippen LogP contribution in [0.4, 0.5) is 14.5 Å². The highest BCUT2D eigenvalue weighted by Gasteiger charge is 2.16. The van der Waals surface area contributed by atoms with Gasteiger partial charge in [-0.05, 0) is 46.2 Å². The molecule has 0 saturated carbocycles. The van der Waals surface area contributed by atoms with Gasteiger partial charge in [0, 0.05) is 9.13 Å². The highest BCUT2D eigenvalue weighted by atomic mass is 127. The Balaban J connectivity index is 3.29. The van der Waals surface area contributed by atoms with Crippen molar-refractivity contribution >= 4 is 28.3 Å². The summed E-state index contributed by atoms with van der Waals surface area (Å²) in [4.78, 5) is 0. The molecule has 15 heavy (non-hydrogen) atoms. The lowest BCUT2D eigenvalue weighted by Gasteiger charge is -2.15. The third-order valence-electron chi connectivity index (χ3n) is 2.18. The molecule has 0 unspecified atom stereocenters. The van der Waals surface area contributed by atoms with Crippen LogP contribution in [-0.4, -0.2) is 0 Å². The third kappa shape index (κ3) is 2.78. The zero-order valence-electron chi connectivity index (χ0n) is 8.52. The first-order valence-corrected chi connectivity index (χ1v) is 5.63. The number of nitrogen functional groups attached to an aromatic ring is 1. The van der Waals surface area contributed by atoms with E-state index in [1.165, 1.54) is 6.07 Å². The molecule has 0 bridgehead atoms. The predicted octanol–water partition coefficient (Wildman–Crippen LogP) is 3.64. The molecule has 0 fully saturated rings. The van der Waals surface area contributed by atoms with E-state index >= 15 is 0 Å². The van der Waals surface area contributed by atoms with E-state index in [1.54, 1.807) is 6.07 Å². The van der Waals surface area contributed by atoms with Gasteiger partial charge in [-0.3, -0.25) is 5.84 Å². The second-order valence-corrected chi connectivity index (χ2v) is 4.72. The number of halogens is 3. The van der Waals surface area contributed by atoms with Gasteiger partial charge in [0.25, 0.3) is 6.43 Å². The molecular formula is C10H13F2IN2. The van der Waals surface area contributed by atoms with Crippen molar-refractivity contribution in [3.8, 4) is 0 Å². The SMILES string of the molecule is CC(C)c1cc(I)c(C(F)F)cc1NN. The zero-order chi connectivity index (χ0) is 11.6. The average molecular weight is 326 g/mol. The standard InChI is InChI=1S/C10H13F2IN2/c1-5(2)6-3-8(13)7(10(11)12)4-9(6)15-14/h3-5,10,15H,14H2,1-2H3. The number of rotatable bonds is 3. The number of hydrazine groups is 1. The van der Waals surface area contributed by atoms with Crippen molar-refractivity contribution in [3.05, 3.63) is 26.8 Å². The lowest BCUT2D eigenvalue weighted by molar-refractivity contribution is 0.150. The minimum absolute atomic E-state index is 0.0213. The molecule has 0 aliphatic rings. The summed E-state index contributed by atoms with van der Waals surface area (Å²) >= 11 is 1.92. The summed E-state index contributed by atoms with van der Waals surface area (Å²) in [7, 11) is 0. The fraction of sp³-hybridized carbons (Fsp3) is 0.400. The molecule has 1 rings (SSSR count). The van der Waals surface area contributed by atoms with E-state index in [-0.39, 0.29) is 11.5 Å². The number of alkyl halides is 2. The highest BCUT2D eigenvalue weighted by molar-refractivity contribution is 14.1. The topological polar surface area (TPSA) is 38.0 Å². The first-order valence-electron chi connectivity index (χ1n) is 4.55. The Labute approximate surface area is 101 Å². The molecule has 0 aliphatic carbocycles. The van der Waals surface area contributed by atoms with E-state index in [4.69, 9.17) is 5.84 Å². The molecule has 0 heterocycles. The van der Waals surface area contributed by atoms with E-state index in [0.717, 1.165) is 5.56 Å². The fourth-order valence-corrected chi connectivity index (χ4v) is 2.10. The van der Waals surface area contributed by atoms with E-state index in [0.29, 0.717) is 9.26 Å². The molecule has 0 aromatic heterocycles. The van der Waals surface area contributed by atoms with Gasteiger partial charge in [0.1, 0.15) is 0 Å². The monoisotopic (exact) mass is 326 g/mol. The summed E-state index contributed by atoms with van der Waals surface area (Å²) in [5, 5.41) is 0. The minimum atomic E-state index is -2.47. The maximum absolute atomic E-state index is 12.6. The van der Waals surface area contributed by atoms with Crippen molar-refractivity contribution in [3.63, 3.8) is 0 Å². The van der Waals surface area contributed by atoms with Crippen LogP contribution >= 0.6 is 22.6 Å². The van der Waals surface area contributed by atoms with Crippen LogP contribution in [0, 0.1) is 3.57 Å². The van der Waals surface area contributed by atoms with Gasteiger partial charge in [-0.25, -0.2) is 8.78 Å². The number of hydrogen-bond acceptors (Lipinski definition) is 2. The van der Waals surface area contributed by atoms with Crippen LogP contribution in [0.2, 0.25) is 0 Å². The van der Waals surface area contributed by atoms with Crippen LogP contribution in [0.3, 0.4) is 0 Å². The van der Waals surface area contributed by atoms with Crippen molar-refractivity contribution in [1.29, 1.82) is 0 Å². The van der Waals surface area contributed by atoms with E-state index in [2.05, 4.69) is 5.43 Å². The Morgan fingerprint density at radius 2 is 1.87 bits per heavy atom. The van der Waals surface area contributed by atoms with Crippen LogP contribution in [-0.2, 0) is 0 Å². The molecule has 0 atom stereocenters. The van der Waals surface area contributed by atoms with Crippen LogP contribution in [0.1, 0.15) is 37.3 Å². The van der Waals surface area contributed by atoms with Crippen molar-refractivity contribution in [1.82, 2.24) is 0 Å². The zero-order valence-corrected chi connectivity index (χ0v) is 10.7. The number of nitrogens with two attached hydrogens (primary N) is 1. The second-order valence-electron chi connectivity index (χ2n) is 3.56. The van der Waals surface area contributed by atoms with E-state index in [9.17, 15) is 8.78 Å². The number of hydrogen-bond donors (Lipinski definition) is 2. The highest BCUT2D eigenvalue weighted by Crippen LogP contribution is 2.32. The van der Waals surface area contributed by atoms with Crippen molar-refractivity contribution < 1.29 is 8.78 Å². The number of anilines is 1. The van der Waals surface area contributed by atoms with Crippen LogP contribution < -0.4 is 11.3 Å². The van der Waals surface area contributed by atoms with Gasteiger partial charge in [-0.2, -0.15) is 0 Å². The Bertz CT molecular complexity index is 354. The van der Waals surface area contributed by atoms with Crippen LogP contribution in [0.15, 0.2) is 12.1 Å². The molecule has 3 N–H and O–H groups in total. The summed E-state index contributed by atoms with van der Waals surface area (Å²) in [6.07, 6.45) is -2.47. The molecule has 0 radical (unpaired) electrons. The molecule has 0 amide bonds. The Morgan fingerprint density at radius 3 is 2.27 bits per heavy atom. The summed E-state index contributed by atoms with van der Waals surface area (Å²) < 4.78 is 25.8. The molecule has 1 aromatic carbocycles. The van der Waals surface area contributed by atoms with E-state index in [1.807, 2.05) is 36.4 Å². The van der Waals surface area contributed by atoms with Gasteiger partial charge in [0.05, 0.1) is 5.69 Å². The normalized spacial score (nSPS) is 11.2.